The number of ether oxygens (including phenoxy) is 1. The number of hydrogen-bond acceptors (Lipinski definition) is 3. The van der Waals surface area contributed by atoms with Gasteiger partial charge in [-0.05, 0) is 12.1 Å². The summed E-state index contributed by atoms with van der Waals surface area (Å²) in [5.41, 5.74) is 0.255. The number of rotatable bonds is 1. The zero-order valence-corrected chi connectivity index (χ0v) is 9.57. The average Bonchev–Trinajstić information content (AvgIpc) is 2.38. The zero-order chi connectivity index (χ0) is 12.7. The molecule has 0 saturated carbocycles. The van der Waals surface area contributed by atoms with Crippen molar-refractivity contribution in [1.82, 2.24) is 0 Å². The van der Waals surface area contributed by atoms with E-state index < -0.39 is 5.82 Å². The minimum atomic E-state index is -0.635. The van der Waals surface area contributed by atoms with Crippen LogP contribution >= 0.6 is 0 Å². The van der Waals surface area contributed by atoms with Gasteiger partial charge in [0.25, 0.3) is 0 Å². The minimum Gasteiger partial charge on any atom is -0.497 e. The van der Waals surface area contributed by atoms with Crippen LogP contribution < -0.4 is 10.2 Å². The first-order valence-electron chi connectivity index (χ1n) is 5.40. The van der Waals surface area contributed by atoms with Gasteiger partial charge in [0.2, 0.25) is 5.43 Å². The van der Waals surface area contributed by atoms with Gasteiger partial charge in [0.05, 0.1) is 12.5 Å². The van der Waals surface area contributed by atoms with Crippen molar-refractivity contribution in [3.63, 3.8) is 0 Å². The maximum atomic E-state index is 13.9. The molecule has 4 heteroatoms. The third-order valence-electron chi connectivity index (χ3n) is 2.84. The van der Waals surface area contributed by atoms with E-state index in [2.05, 4.69) is 0 Å². The molecule has 3 rings (SSSR count). The highest BCUT2D eigenvalue weighted by Crippen LogP contribution is 2.25. The standard InChI is InChI=1S/C14H9FO3/c1-17-8-6-10(15)13-12(7-8)18-11-5-3-2-4-9(11)14(13)16/h2-7H,1H3. The number of fused-ring (bicyclic) bond motifs is 2. The Bertz CT molecular complexity index is 805. The molecule has 0 bridgehead atoms. The summed E-state index contributed by atoms with van der Waals surface area (Å²) in [4.78, 5) is 12.2. The Labute approximate surface area is 101 Å². The van der Waals surface area contributed by atoms with Crippen LogP contribution in [0.25, 0.3) is 21.9 Å². The molecule has 90 valence electrons. The van der Waals surface area contributed by atoms with E-state index in [4.69, 9.17) is 9.15 Å². The van der Waals surface area contributed by atoms with E-state index >= 15 is 0 Å². The van der Waals surface area contributed by atoms with E-state index in [1.54, 1.807) is 24.3 Å². The predicted molar refractivity (Wildman–Crippen MR) is 66.5 cm³/mol. The molecule has 0 saturated heterocycles. The molecule has 2 aromatic carbocycles. The maximum Gasteiger partial charge on any atom is 0.203 e. The Morgan fingerprint density at radius 2 is 1.94 bits per heavy atom. The summed E-state index contributed by atoms with van der Waals surface area (Å²) in [6.45, 7) is 0. The lowest BCUT2D eigenvalue weighted by atomic mass is 10.1. The van der Waals surface area contributed by atoms with Crippen molar-refractivity contribution in [2.24, 2.45) is 0 Å². The Morgan fingerprint density at radius 1 is 1.17 bits per heavy atom. The van der Waals surface area contributed by atoms with Crippen LogP contribution in [0.5, 0.6) is 5.75 Å². The fraction of sp³-hybridized carbons (Fsp3) is 0.0714. The lowest BCUT2D eigenvalue weighted by Crippen LogP contribution is -2.04. The molecule has 0 N–H and O–H groups in total. The summed E-state index contributed by atoms with van der Waals surface area (Å²) in [6, 6.07) is 9.44. The van der Waals surface area contributed by atoms with Crippen molar-refractivity contribution in [3.05, 3.63) is 52.4 Å². The summed E-state index contributed by atoms with van der Waals surface area (Å²) in [5, 5.41) is 0.323. The van der Waals surface area contributed by atoms with Gasteiger partial charge in [-0.3, -0.25) is 4.79 Å². The Morgan fingerprint density at radius 3 is 2.72 bits per heavy atom. The van der Waals surface area contributed by atoms with Gasteiger partial charge in [-0.1, -0.05) is 12.1 Å². The second-order valence-electron chi connectivity index (χ2n) is 3.91. The smallest absolute Gasteiger partial charge is 0.203 e. The van der Waals surface area contributed by atoms with Crippen molar-refractivity contribution in [1.29, 1.82) is 0 Å². The summed E-state index contributed by atoms with van der Waals surface area (Å²) >= 11 is 0. The number of benzene rings is 2. The highest BCUT2D eigenvalue weighted by atomic mass is 19.1. The van der Waals surface area contributed by atoms with Gasteiger partial charge in [0.1, 0.15) is 28.1 Å². The Hall–Kier alpha value is -2.36. The van der Waals surface area contributed by atoms with E-state index in [0.717, 1.165) is 0 Å². The lowest BCUT2D eigenvalue weighted by molar-refractivity contribution is 0.411. The van der Waals surface area contributed by atoms with Crippen LogP contribution in [-0.2, 0) is 0 Å². The Kier molecular flexibility index (Phi) is 2.30. The fourth-order valence-corrected chi connectivity index (χ4v) is 1.97. The highest BCUT2D eigenvalue weighted by Gasteiger charge is 2.13. The second-order valence-corrected chi connectivity index (χ2v) is 3.91. The largest absolute Gasteiger partial charge is 0.497 e. The SMILES string of the molecule is COc1cc(F)c2c(=O)c3ccccc3oc2c1. The monoisotopic (exact) mass is 244 g/mol. The molecular formula is C14H9FO3. The lowest BCUT2D eigenvalue weighted by Gasteiger charge is -2.04. The average molecular weight is 244 g/mol. The van der Waals surface area contributed by atoms with Crippen molar-refractivity contribution >= 4 is 21.9 Å². The van der Waals surface area contributed by atoms with Crippen molar-refractivity contribution in [2.75, 3.05) is 7.11 Å². The molecule has 0 radical (unpaired) electrons. The first-order valence-corrected chi connectivity index (χ1v) is 5.40. The van der Waals surface area contributed by atoms with Gasteiger partial charge in [0, 0.05) is 12.1 Å². The van der Waals surface area contributed by atoms with Crippen LogP contribution in [0, 0.1) is 5.82 Å². The predicted octanol–water partition coefficient (Wildman–Crippen LogP) is 3.09. The van der Waals surface area contributed by atoms with Crippen LogP contribution in [0.15, 0.2) is 45.6 Å². The Balaban J connectivity index is 2.56. The molecule has 0 aliphatic carbocycles. The molecule has 18 heavy (non-hydrogen) atoms. The number of halogens is 1. The molecular weight excluding hydrogens is 235 g/mol. The van der Waals surface area contributed by atoms with Crippen LogP contribution in [-0.4, -0.2) is 7.11 Å². The summed E-state index contributed by atoms with van der Waals surface area (Å²) in [7, 11) is 1.43. The van der Waals surface area contributed by atoms with Gasteiger partial charge in [-0.2, -0.15) is 0 Å². The van der Waals surface area contributed by atoms with Gasteiger partial charge in [-0.15, -0.1) is 0 Å². The number of methoxy groups -OCH3 is 1. The molecule has 3 nitrogen and oxygen atoms in total. The maximum absolute atomic E-state index is 13.9. The summed E-state index contributed by atoms with van der Waals surface area (Å²) in [6.07, 6.45) is 0. The van der Waals surface area contributed by atoms with E-state index in [0.29, 0.717) is 16.7 Å². The highest BCUT2D eigenvalue weighted by molar-refractivity contribution is 5.90. The molecule has 0 fully saturated rings. The fourth-order valence-electron chi connectivity index (χ4n) is 1.97. The molecule has 0 spiro atoms. The van der Waals surface area contributed by atoms with Gasteiger partial charge in [-0.25, -0.2) is 4.39 Å². The molecule has 0 unspecified atom stereocenters. The normalized spacial score (nSPS) is 11.0. The van der Waals surface area contributed by atoms with Gasteiger partial charge in [0.15, 0.2) is 0 Å². The quantitative estimate of drug-likeness (QED) is 0.617. The molecule has 0 aliphatic heterocycles. The minimum absolute atomic E-state index is 0.0468. The number of hydrogen-bond donors (Lipinski definition) is 0. The van der Waals surface area contributed by atoms with Crippen molar-refractivity contribution in [2.45, 2.75) is 0 Å². The molecule has 0 atom stereocenters. The van der Waals surface area contributed by atoms with Crippen molar-refractivity contribution < 1.29 is 13.5 Å². The van der Waals surface area contributed by atoms with Crippen LogP contribution in [0.1, 0.15) is 0 Å². The molecule has 0 amide bonds. The van der Waals surface area contributed by atoms with Crippen molar-refractivity contribution in [3.8, 4) is 5.75 Å². The topological polar surface area (TPSA) is 39.4 Å². The molecule has 1 aromatic heterocycles. The van der Waals surface area contributed by atoms with E-state index in [-0.39, 0.29) is 16.4 Å². The van der Waals surface area contributed by atoms with Crippen LogP contribution in [0.2, 0.25) is 0 Å². The second kappa shape index (κ2) is 3.84. The van der Waals surface area contributed by atoms with Crippen LogP contribution in [0.4, 0.5) is 4.39 Å². The summed E-state index contributed by atoms with van der Waals surface area (Å²) < 4.78 is 24.4. The van der Waals surface area contributed by atoms with E-state index in [1.165, 1.54) is 19.2 Å². The van der Waals surface area contributed by atoms with Gasteiger partial charge >= 0.3 is 0 Å². The van der Waals surface area contributed by atoms with E-state index in [1.807, 2.05) is 0 Å². The third-order valence-corrected chi connectivity index (χ3v) is 2.84. The summed E-state index contributed by atoms with van der Waals surface area (Å²) in [5.74, 6) is -0.317. The van der Waals surface area contributed by atoms with Crippen LogP contribution in [0.3, 0.4) is 0 Å². The molecule has 0 aliphatic rings. The molecule has 1 heterocycles. The first kappa shape index (κ1) is 10.8. The molecule has 3 aromatic rings. The third kappa shape index (κ3) is 1.46. The zero-order valence-electron chi connectivity index (χ0n) is 9.57. The first-order chi connectivity index (χ1) is 8.70. The van der Waals surface area contributed by atoms with E-state index in [9.17, 15) is 9.18 Å². The number of para-hydroxylation sites is 1. The van der Waals surface area contributed by atoms with Gasteiger partial charge < -0.3 is 9.15 Å².